The van der Waals surface area contributed by atoms with Gasteiger partial charge in [0, 0.05) is 18.6 Å². The number of carbonyl (C=O) groups excluding carboxylic acids is 1. The van der Waals surface area contributed by atoms with Crippen LogP contribution in [0, 0.1) is 10.1 Å². The Morgan fingerprint density at radius 3 is 2.45 bits per heavy atom. The zero-order chi connectivity index (χ0) is 16.3. The van der Waals surface area contributed by atoms with Gasteiger partial charge in [0.25, 0.3) is 0 Å². The first-order valence-corrected chi connectivity index (χ1v) is 6.19. The van der Waals surface area contributed by atoms with Gasteiger partial charge in [-0.3, -0.25) is 14.9 Å². The summed E-state index contributed by atoms with van der Waals surface area (Å²) in [4.78, 5) is 32.7. The van der Waals surface area contributed by atoms with E-state index >= 15 is 0 Å². The van der Waals surface area contributed by atoms with Crippen LogP contribution in [0.15, 0.2) is 42.5 Å². The topological polar surface area (TPSA) is 107 Å². The van der Waals surface area contributed by atoms with Gasteiger partial charge in [0.05, 0.1) is 10.5 Å². The van der Waals surface area contributed by atoms with Crippen LogP contribution in [0.2, 0.25) is 0 Å². The van der Waals surface area contributed by atoms with Crippen molar-refractivity contribution in [1.29, 1.82) is 0 Å². The summed E-state index contributed by atoms with van der Waals surface area (Å²) >= 11 is 0. The van der Waals surface area contributed by atoms with Gasteiger partial charge >= 0.3 is 17.6 Å². The summed E-state index contributed by atoms with van der Waals surface area (Å²) in [6, 6.07) is 10.0. The second-order valence-electron chi connectivity index (χ2n) is 4.39. The van der Waals surface area contributed by atoms with Crippen LogP contribution in [0.25, 0.3) is 11.1 Å². The standard InChI is InChI=1S/C15H11NO6/c1-9(17)22-14-12(6-3-7-13(14)16(20)21)10-4-2-5-11(8-10)15(18)19/h2-8H,1H3,(H,18,19). The van der Waals surface area contributed by atoms with Gasteiger partial charge in [-0.15, -0.1) is 0 Å². The molecule has 1 N–H and O–H groups in total. The van der Waals surface area contributed by atoms with Crippen molar-refractivity contribution in [2.45, 2.75) is 6.92 Å². The van der Waals surface area contributed by atoms with Gasteiger partial charge < -0.3 is 9.84 Å². The Balaban J connectivity index is 2.66. The van der Waals surface area contributed by atoms with Crippen molar-refractivity contribution in [2.75, 3.05) is 0 Å². The summed E-state index contributed by atoms with van der Waals surface area (Å²) in [6.07, 6.45) is 0. The fraction of sp³-hybridized carbons (Fsp3) is 0.0667. The monoisotopic (exact) mass is 301 g/mol. The molecule has 0 aliphatic heterocycles. The lowest BCUT2D eigenvalue weighted by molar-refractivity contribution is -0.385. The molecule has 2 aromatic rings. The zero-order valence-electron chi connectivity index (χ0n) is 11.5. The molecule has 0 bridgehead atoms. The van der Waals surface area contributed by atoms with Gasteiger partial charge in [0.15, 0.2) is 0 Å². The molecule has 0 radical (unpaired) electrons. The van der Waals surface area contributed by atoms with Crippen molar-refractivity contribution in [3.63, 3.8) is 0 Å². The smallest absolute Gasteiger partial charge is 0.335 e. The number of carboxylic acids is 1. The van der Waals surface area contributed by atoms with Crippen LogP contribution in [0.3, 0.4) is 0 Å². The molecule has 7 nitrogen and oxygen atoms in total. The maximum Gasteiger partial charge on any atom is 0.335 e. The molecule has 0 saturated heterocycles. The van der Waals surface area contributed by atoms with Crippen LogP contribution in [0.1, 0.15) is 17.3 Å². The number of ether oxygens (including phenoxy) is 1. The van der Waals surface area contributed by atoms with E-state index in [1.54, 1.807) is 6.07 Å². The number of para-hydroxylation sites is 1. The van der Waals surface area contributed by atoms with Crippen LogP contribution in [0.4, 0.5) is 5.69 Å². The molecule has 22 heavy (non-hydrogen) atoms. The number of aromatic carboxylic acids is 1. The largest absolute Gasteiger partial charge is 0.478 e. The molecular weight excluding hydrogens is 290 g/mol. The van der Waals surface area contributed by atoms with Crippen molar-refractivity contribution in [3.8, 4) is 16.9 Å². The highest BCUT2D eigenvalue weighted by molar-refractivity contribution is 5.90. The zero-order valence-corrected chi connectivity index (χ0v) is 11.5. The first-order chi connectivity index (χ1) is 10.4. The molecule has 0 atom stereocenters. The minimum Gasteiger partial charge on any atom is -0.478 e. The maximum atomic E-state index is 11.2. The third-order valence-corrected chi connectivity index (χ3v) is 2.86. The molecule has 0 heterocycles. The predicted molar refractivity (Wildman–Crippen MR) is 76.8 cm³/mol. The number of carboxylic acid groups (broad SMARTS) is 1. The molecule has 0 fully saturated rings. The average Bonchev–Trinajstić information content (AvgIpc) is 2.46. The highest BCUT2D eigenvalue weighted by Crippen LogP contribution is 2.38. The Morgan fingerprint density at radius 2 is 1.86 bits per heavy atom. The fourth-order valence-electron chi connectivity index (χ4n) is 1.97. The number of hydrogen-bond donors (Lipinski definition) is 1. The van der Waals surface area contributed by atoms with E-state index in [4.69, 9.17) is 9.84 Å². The van der Waals surface area contributed by atoms with E-state index in [0.717, 1.165) is 6.92 Å². The number of nitro groups is 1. The molecule has 7 heteroatoms. The van der Waals surface area contributed by atoms with E-state index in [2.05, 4.69) is 0 Å². The number of hydrogen-bond acceptors (Lipinski definition) is 5. The molecular formula is C15H11NO6. The third-order valence-electron chi connectivity index (χ3n) is 2.86. The summed E-state index contributed by atoms with van der Waals surface area (Å²) < 4.78 is 4.96. The highest BCUT2D eigenvalue weighted by Gasteiger charge is 2.22. The van der Waals surface area contributed by atoms with E-state index in [-0.39, 0.29) is 22.6 Å². The second-order valence-corrected chi connectivity index (χ2v) is 4.39. The van der Waals surface area contributed by atoms with Crippen molar-refractivity contribution >= 4 is 17.6 Å². The van der Waals surface area contributed by atoms with E-state index in [0.29, 0.717) is 5.56 Å². The minimum absolute atomic E-state index is 0.0257. The van der Waals surface area contributed by atoms with Crippen molar-refractivity contribution in [3.05, 3.63) is 58.1 Å². The van der Waals surface area contributed by atoms with Gasteiger partial charge in [-0.25, -0.2) is 4.79 Å². The second kappa shape index (κ2) is 6.04. The molecule has 0 aliphatic carbocycles. The van der Waals surface area contributed by atoms with E-state index in [1.807, 2.05) is 0 Å². The molecule has 2 aromatic carbocycles. The van der Waals surface area contributed by atoms with Crippen LogP contribution in [-0.4, -0.2) is 22.0 Å². The lowest BCUT2D eigenvalue weighted by Crippen LogP contribution is -2.05. The molecule has 2 rings (SSSR count). The SMILES string of the molecule is CC(=O)Oc1c(-c2cccc(C(=O)O)c2)cccc1[N+](=O)[O-]. The maximum absolute atomic E-state index is 11.2. The van der Waals surface area contributed by atoms with Gasteiger partial charge in [-0.2, -0.15) is 0 Å². The van der Waals surface area contributed by atoms with Gasteiger partial charge in [-0.05, 0) is 17.7 Å². The lowest BCUT2D eigenvalue weighted by atomic mass is 10.0. The number of nitro benzene ring substituents is 1. The van der Waals surface area contributed by atoms with Crippen LogP contribution in [-0.2, 0) is 4.79 Å². The average molecular weight is 301 g/mol. The Bertz CT molecular complexity index is 768. The van der Waals surface area contributed by atoms with E-state index in [9.17, 15) is 19.7 Å². The normalized spacial score (nSPS) is 10.0. The molecule has 0 unspecified atom stereocenters. The summed E-state index contributed by atoms with van der Waals surface area (Å²) in [7, 11) is 0. The Labute approximate surface area is 124 Å². The Kier molecular flexibility index (Phi) is 4.17. The number of nitrogens with zero attached hydrogens (tertiary/aromatic N) is 1. The molecule has 112 valence electrons. The predicted octanol–water partition coefficient (Wildman–Crippen LogP) is 2.89. The highest BCUT2D eigenvalue weighted by atomic mass is 16.6. The fourth-order valence-corrected chi connectivity index (χ4v) is 1.97. The summed E-state index contributed by atoms with van der Waals surface area (Å²) in [5, 5.41) is 20.1. The first kappa shape index (κ1) is 15.2. The lowest BCUT2D eigenvalue weighted by Gasteiger charge is -2.10. The van der Waals surface area contributed by atoms with Crippen LogP contribution < -0.4 is 4.74 Å². The Hall–Kier alpha value is -3.22. The van der Waals surface area contributed by atoms with Crippen molar-refractivity contribution in [1.82, 2.24) is 0 Å². The Morgan fingerprint density at radius 1 is 1.18 bits per heavy atom. The van der Waals surface area contributed by atoms with Crippen molar-refractivity contribution in [2.24, 2.45) is 0 Å². The summed E-state index contributed by atoms with van der Waals surface area (Å²) in [5.41, 5.74) is 0.332. The summed E-state index contributed by atoms with van der Waals surface area (Å²) in [6.45, 7) is 1.13. The van der Waals surface area contributed by atoms with Crippen LogP contribution >= 0.6 is 0 Å². The minimum atomic E-state index is -1.12. The van der Waals surface area contributed by atoms with Crippen LogP contribution in [0.5, 0.6) is 5.75 Å². The number of esters is 1. The number of rotatable bonds is 4. The van der Waals surface area contributed by atoms with Crippen molar-refractivity contribution < 1.29 is 24.4 Å². The molecule has 0 aliphatic rings. The molecule has 0 spiro atoms. The third kappa shape index (κ3) is 3.09. The first-order valence-electron chi connectivity index (χ1n) is 6.19. The van der Waals surface area contributed by atoms with E-state index in [1.165, 1.54) is 36.4 Å². The number of carbonyl (C=O) groups is 2. The van der Waals surface area contributed by atoms with E-state index < -0.39 is 16.9 Å². The summed E-state index contributed by atoms with van der Waals surface area (Å²) in [5.74, 6) is -2.03. The number of benzene rings is 2. The van der Waals surface area contributed by atoms with Gasteiger partial charge in [-0.1, -0.05) is 24.3 Å². The van der Waals surface area contributed by atoms with Gasteiger partial charge in [0.1, 0.15) is 0 Å². The molecule has 0 saturated carbocycles. The van der Waals surface area contributed by atoms with Gasteiger partial charge in [0.2, 0.25) is 5.75 Å². The molecule has 0 amide bonds. The molecule has 0 aromatic heterocycles. The quantitative estimate of drug-likeness (QED) is 0.402.